The highest BCUT2D eigenvalue weighted by Crippen LogP contribution is 2.34. The number of rotatable bonds is 6. The topological polar surface area (TPSA) is 23.6 Å². The molecule has 136 valence electrons. The van der Waals surface area contributed by atoms with Crippen molar-refractivity contribution in [1.82, 2.24) is 4.90 Å². The van der Waals surface area contributed by atoms with Crippen LogP contribution in [0.4, 0.5) is 11.4 Å². The zero-order chi connectivity index (χ0) is 18.5. The van der Waals surface area contributed by atoms with Gasteiger partial charge in [0.2, 0.25) is 0 Å². The lowest BCUT2D eigenvalue weighted by atomic mass is 9.91. The summed E-state index contributed by atoms with van der Waals surface area (Å²) < 4.78 is 0. The molecule has 3 heteroatoms. The van der Waals surface area contributed by atoms with Gasteiger partial charge < -0.3 is 4.90 Å². The number of hydrogen-bond acceptors (Lipinski definition) is 3. The summed E-state index contributed by atoms with van der Waals surface area (Å²) in [6.45, 7) is 10.9. The Kier molecular flexibility index (Phi) is 5.89. The van der Waals surface area contributed by atoms with E-state index in [0.717, 1.165) is 37.3 Å². The lowest BCUT2D eigenvalue weighted by Crippen LogP contribution is -2.48. The van der Waals surface area contributed by atoms with Crippen molar-refractivity contribution in [3.8, 4) is 0 Å². The number of piperidine rings is 1. The van der Waals surface area contributed by atoms with Crippen molar-refractivity contribution in [1.29, 1.82) is 0 Å². The first-order chi connectivity index (χ1) is 12.6. The largest absolute Gasteiger partial charge is 0.338 e. The molecule has 2 aromatic carbocycles. The Morgan fingerprint density at radius 3 is 2.38 bits per heavy atom. The second-order valence-electron chi connectivity index (χ2n) is 7.19. The van der Waals surface area contributed by atoms with E-state index >= 15 is 0 Å². The van der Waals surface area contributed by atoms with Gasteiger partial charge in [0.15, 0.2) is 5.78 Å². The van der Waals surface area contributed by atoms with Crippen LogP contribution in [0.2, 0.25) is 0 Å². The molecule has 1 unspecified atom stereocenters. The number of carbonyl (C=O) groups excluding carboxylic acids is 1. The number of ketones is 1. The summed E-state index contributed by atoms with van der Waals surface area (Å²) in [4.78, 5) is 16.5. The predicted molar refractivity (Wildman–Crippen MR) is 109 cm³/mol. The van der Waals surface area contributed by atoms with Crippen LogP contribution >= 0.6 is 0 Å². The monoisotopic (exact) mass is 348 g/mol. The number of Topliss-reactive ketones (excluding diaryl/α,β-unsaturated/α-hetero) is 1. The van der Waals surface area contributed by atoms with Gasteiger partial charge in [-0.1, -0.05) is 31.2 Å². The molecule has 2 atom stereocenters. The van der Waals surface area contributed by atoms with Gasteiger partial charge in [-0.25, -0.2) is 0 Å². The van der Waals surface area contributed by atoms with Crippen LogP contribution in [0.15, 0.2) is 67.3 Å². The summed E-state index contributed by atoms with van der Waals surface area (Å²) >= 11 is 0. The first-order valence-corrected chi connectivity index (χ1v) is 9.38. The van der Waals surface area contributed by atoms with E-state index in [1.54, 1.807) is 6.92 Å². The van der Waals surface area contributed by atoms with Crippen LogP contribution in [0.25, 0.3) is 0 Å². The molecule has 0 N–H and O–H groups in total. The number of benzene rings is 2. The van der Waals surface area contributed by atoms with Crippen LogP contribution in [0.5, 0.6) is 0 Å². The Bertz CT molecular complexity index is 739. The molecule has 0 aromatic heterocycles. The highest BCUT2D eigenvalue weighted by atomic mass is 16.1. The second-order valence-corrected chi connectivity index (χ2v) is 7.19. The van der Waals surface area contributed by atoms with Crippen LogP contribution in [0.3, 0.4) is 0 Å². The van der Waals surface area contributed by atoms with Gasteiger partial charge in [-0.3, -0.25) is 9.69 Å². The molecular weight excluding hydrogens is 320 g/mol. The average Bonchev–Trinajstić information content (AvgIpc) is 2.65. The van der Waals surface area contributed by atoms with E-state index in [1.165, 1.54) is 5.69 Å². The van der Waals surface area contributed by atoms with E-state index in [9.17, 15) is 4.79 Å². The van der Waals surface area contributed by atoms with E-state index in [2.05, 4.69) is 65.8 Å². The quantitative estimate of drug-likeness (QED) is 0.546. The van der Waals surface area contributed by atoms with Crippen molar-refractivity contribution in [3.63, 3.8) is 0 Å². The first-order valence-electron chi connectivity index (χ1n) is 9.38. The number of carbonyl (C=O) groups is 1. The Morgan fingerprint density at radius 1 is 1.15 bits per heavy atom. The van der Waals surface area contributed by atoms with Crippen molar-refractivity contribution in [3.05, 3.63) is 72.8 Å². The fourth-order valence-corrected chi connectivity index (χ4v) is 3.93. The Labute approximate surface area is 156 Å². The van der Waals surface area contributed by atoms with Gasteiger partial charge in [0, 0.05) is 42.6 Å². The first kappa shape index (κ1) is 18.4. The summed E-state index contributed by atoms with van der Waals surface area (Å²) in [6.07, 6.45) is 3.10. The smallest absolute Gasteiger partial charge is 0.159 e. The van der Waals surface area contributed by atoms with E-state index in [4.69, 9.17) is 0 Å². The van der Waals surface area contributed by atoms with E-state index < -0.39 is 0 Å². The standard InChI is InChI=1S/C23H28N2O/c1-4-15-24-16-14-23(18(2)17-24)25(21-8-6-5-7-9-21)22-12-10-20(11-13-22)19(3)26/h4-13,18,23H,1,14-17H2,2-3H3/t18?,23-/m0/s1. The molecule has 26 heavy (non-hydrogen) atoms. The molecule has 0 aliphatic carbocycles. The van der Waals surface area contributed by atoms with E-state index in [1.807, 2.05) is 18.2 Å². The van der Waals surface area contributed by atoms with Gasteiger partial charge in [-0.2, -0.15) is 0 Å². The van der Waals surface area contributed by atoms with Crippen LogP contribution in [0.1, 0.15) is 30.6 Å². The molecule has 1 aliphatic heterocycles. The van der Waals surface area contributed by atoms with Crippen molar-refractivity contribution in [2.75, 3.05) is 24.5 Å². The SMILES string of the molecule is C=CCN1CC[C@H](N(c2ccccc2)c2ccc(C(C)=O)cc2)C(C)C1. The summed E-state index contributed by atoms with van der Waals surface area (Å²) in [5.41, 5.74) is 3.11. The van der Waals surface area contributed by atoms with E-state index in [-0.39, 0.29) is 5.78 Å². The lowest BCUT2D eigenvalue weighted by Gasteiger charge is -2.43. The minimum atomic E-state index is 0.105. The number of nitrogens with zero attached hydrogens (tertiary/aromatic N) is 2. The summed E-state index contributed by atoms with van der Waals surface area (Å²) in [6, 6.07) is 19.0. The lowest BCUT2D eigenvalue weighted by molar-refractivity contribution is 0.101. The molecular formula is C23H28N2O. The van der Waals surface area contributed by atoms with Crippen LogP contribution in [-0.2, 0) is 0 Å². The fraction of sp³-hybridized carbons (Fsp3) is 0.348. The number of hydrogen-bond donors (Lipinski definition) is 0. The predicted octanol–water partition coefficient (Wildman–Crippen LogP) is 4.92. The van der Waals surface area contributed by atoms with Crippen LogP contribution in [-0.4, -0.2) is 36.4 Å². The third-order valence-corrected chi connectivity index (χ3v) is 5.25. The molecule has 3 nitrogen and oxygen atoms in total. The average molecular weight is 348 g/mol. The fourth-order valence-electron chi connectivity index (χ4n) is 3.93. The Balaban J connectivity index is 1.92. The summed E-state index contributed by atoms with van der Waals surface area (Å²) in [7, 11) is 0. The summed E-state index contributed by atoms with van der Waals surface area (Å²) in [5.74, 6) is 0.644. The molecule has 0 spiro atoms. The molecule has 0 bridgehead atoms. The normalized spacial score (nSPS) is 20.5. The van der Waals surface area contributed by atoms with Crippen LogP contribution < -0.4 is 4.90 Å². The van der Waals surface area contributed by atoms with Crippen molar-refractivity contribution in [2.45, 2.75) is 26.3 Å². The van der Waals surface area contributed by atoms with E-state index in [0.29, 0.717) is 12.0 Å². The van der Waals surface area contributed by atoms with Crippen molar-refractivity contribution >= 4 is 17.2 Å². The van der Waals surface area contributed by atoms with Gasteiger partial charge in [0.25, 0.3) is 0 Å². The summed E-state index contributed by atoms with van der Waals surface area (Å²) in [5, 5.41) is 0. The molecule has 1 heterocycles. The number of para-hydroxylation sites is 1. The highest BCUT2D eigenvalue weighted by Gasteiger charge is 2.31. The molecule has 1 fully saturated rings. The maximum atomic E-state index is 11.6. The van der Waals surface area contributed by atoms with Crippen molar-refractivity contribution in [2.24, 2.45) is 5.92 Å². The van der Waals surface area contributed by atoms with Gasteiger partial charge in [-0.15, -0.1) is 6.58 Å². The van der Waals surface area contributed by atoms with Gasteiger partial charge in [0.05, 0.1) is 0 Å². The molecule has 2 aromatic rings. The van der Waals surface area contributed by atoms with Gasteiger partial charge in [0.1, 0.15) is 0 Å². The molecule has 1 saturated heterocycles. The molecule has 1 aliphatic rings. The second kappa shape index (κ2) is 8.33. The zero-order valence-electron chi connectivity index (χ0n) is 15.8. The molecule has 3 rings (SSSR count). The minimum Gasteiger partial charge on any atom is -0.338 e. The van der Waals surface area contributed by atoms with Crippen LogP contribution in [0, 0.1) is 5.92 Å². The Hall–Kier alpha value is -2.39. The third-order valence-electron chi connectivity index (χ3n) is 5.25. The number of likely N-dealkylation sites (tertiary alicyclic amines) is 1. The zero-order valence-corrected chi connectivity index (χ0v) is 15.8. The number of anilines is 2. The molecule has 0 amide bonds. The third kappa shape index (κ3) is 4.05. The minimum absolute atomic E-state index is 0.105. The maximum absolute atomic E-state index is 11.6. The van der Waals surface area contributed by atoms with Gasteiger partial charge in [-0.05, 0) is 55.7 Å². The molecule has 0 saturated carbocycles. The maximum Gasteiger partial charge on any atom is 0.159 e. The molecule has 0 radical (unpaired) electrons. The van der Waals surface area contributed by atoms with Crippen molar-refractivity contribution < 1.29 is 4.79 Å². The van der Waals surface area contributed by atoms with Gasteiger partial charge >= 0.3 is 0 Å². The Morgan fingerprint density at radius 2 is 1.81 bits per heavy atom. The highest BCUT2D eigenvalue weighted by molar-refractivity contribution is 5.94.